The minimum Gasteiger partial charge on any atom is -0.458 e. The lowest BCUT2D eigenvalue weighted by Gasteiger charge is -2.31. The minimum atomic E-state index is -1.87. The Morgan fingerprint density at radius 3 is 2.64 bits per heavy atom. The van der Waals surface area contributed by atoms with Crippen LogP contribution in [0.3, 0.4) is 0 Å². The number of carbonyl (C=O) groups excluding carboxylic acids is 2. The molecule has 0 saturated heterocycles. The van der Waals surface area contributed by atoms with Gasteiger partial charge in [-0.15, -0.1) is 0 Å². The fourth-order valence-electron chi connectivity index (χ4n) is 5.05. The average molecular weight is 492 g/mol. The summed E-state index contributed by atoms with van der Waals surface area (Å²) >= 11 is 0. The summed E-state index contributed by atoms with van der Waals surface area (Å²) in [5, 5.41) is 14.7. The van der Waals surface area contributed by atoms with E-state index in [9.17, 15) is 19.5 Å². The Labute approximate surface area is 208 Å². The first-order chi connectivity index (χ1) is 17.0. The molecular weight excluding hydrogens is 462 g/mol. The Bertz CT molecular complexity index is 1500. The standard InChI is InChI=1S/C27H29N3O6/c1-6-15-16-10-14(36-25(33)29-26(3,4)5)8-9-20(16)28-22-17(15)12-30-21(22)11-19-18(23(30)31)13-35-24(32)27(19,34)7-2/h8-11,34H,6-7,12-13H2,1-5H3,(H,29,33)/t27-/m0/s1. The second kappa shape index (κ2) is 8.16. The SMILES string of the molecule is CCc1c2c(nc3ccc(OC(=O)NC(C)(C)C)cc13)-c1cc3c(c(=O)n1C2)COC(=O)[C@]3(O)CC. The topological polar surface area (TPSA) is 120 Å². The number of hydrogen-bond acceptors (Lipinski definition) is 7. The van der Waals surface area contributed by atoms with Crippen LogP contribution in [-0.4, -0.2) is 32.3 Å². The first kappa shape index (κ1) is 24.0. The van der Waals surface area contributed by atoms with Gasteiger partial charge in [0.25, 0.3) is 5.56 Å². The van der Waals surface area contributed by atoms with Crippen molar-refractivity contribution in [2.45, 2.75) is 71.8 Å². The molecule has 2 aliphatic heterocycles. The largest absolute Gasteiger partial charge is 0.458 e. The van der Waals surface area contributed by atoms with Crippen molar-refractivity contribution in [2.24, 2.45) is 0 Å². The van der Waals surface area contributed by atoms with Crippen LogP contribution >= 0.6 is 0 Å². The normalized spacial score (nSPS) is 18.3. The molecule has 0 aliphatic carbocycles. The van der Waals surface area contributed by atoms with Crippen molar-refractivity contribution in [3.05, 3.63) is 56.9 Å². The van der Waals surface area contributed by atoms with Gasteiger partial charge in [0.1, 0.15) is 12.4 Å². The van der Waals surface area contributed by atoms with E-state index in [0.717, 1.165) is 16.5 Å². The highest BCUT2D eigenvalue weighted by Gasteiger charge is 2.45. The molecule has 2 aliphatic rings. The number of aromatic nitrogens is 2. The van der Waals surface area contributed by atoms with Gasteiger partial charge in [-0.1, -0.05) is 13.8 Å². The van der Waals surface area contributed by atoms with Crippen molar-refractivity contribution in [3.63, 3.8) is 0 Å². The van der Waals surface area contributed by atoms with Gasteiger partial charge in [-0.3, -0.25) is 4.79 Å². The van der Waals surface area contributed by atoms with Gasteiger partial charge in [0.05, 0.1) is 29.0 Å². The van der Waals surface area contributed by atoms with E-state index in [4.69, 9.17) is 14.5 Å². The van der Waals surface area contributed by atoms with Crippen LogP contribution < -0.4 is 15.6 Å². The quantitative estimate of drug-likeness (QED) is 0.421. The number of pyridine rings is 2. The van der Waals surface area contributed by atoms with E-state index in [-0.39, 0.29) is 18.6 Å². The number of carbonyl (C=O) groups is 2. The number of aryl methyl sites for hydroxylation is 1. The molecule has 0 spiro atoms. The predicted molar refractivity (Wildman–Crippen MR) is 133 cm³/mol. The van der Waals surface area contributed by atoms with Gasteiger partial charge in [-0.05, 0) is 63.4 Å². The number of aliphatic hydroxyl groups is 1. The molecule has 3 aromatic rings. The molecular formula is C27H29N3O6. The monoisotopic (exact) mass is 491 g/mol. The Morgan fingerprint density at radius 2 is 1.97 bits per heavy atom. The van der Waals surface area contributed by atoms with Crippen molar-refractivity contribution in [3.8, 4) is 17.1 Å². The molecule has 1 amide bonds. The molecule has 0 fully saturated rings. The summed E-state index contributed by atoms with van der Waals surface area (Å²) in [6.45, 7) is 9.47. The first-order valence-corrected chi connectivity index (χ1v) is 12.1. The molecule has 9 heteroatoms. The van der Waals surface area contributed by atoms with Crippen LogP contribution in [0.15, 0.2) is 29.1 Å². The lowest BCUT2D eigenvalue weighted by molar-refractivity contribution is -0.172. The van der Waals surface area contributed by atoms with Crippen LogP contribution in [0.4, 0.5) is 4.79 Å². The molecule has 0 bridgehead atoms. The molecule has 2 N–H and O–H groups in total. The number of cyclic esters (lactones) is 1. The van der Waals surface area contributed by atoms with Gasteiger partial charge in [-0.2, -0.15) is 0 Å². The van der Waals surface area contributed by atoms with E-state index >= 15 is 0 Å². The number of rotatable bonds is 3. The maximum atomic E-state index is 13.4. The minimum absolute atomic E-state index is 0.0888. The highest BCUT2D eigenvalue weighted by molar-refractivity contribution is 5.90. The van der Waals surface area contributed by atoms with Crippen molar-refractivity contribution in [2.75, 3.05) is 0 Å². The summed E-state index contributed by atoms with van der Waals surface area (Å²) in [5.74, 6) is -0.351. The van der Waals surface area contributed by atoms with Gasteiger partial charge in [0.15, 0.2) is 5.60 Å². The van der Waals surface area contributed by atoms with Gasteiger partial charge in [0, 0.05) is 22.1 Å². The second-order valence-corrected chi connectivity index (χ2v) is 10.3. The Balaban J connectivity index is 1.64. The lowest BCUT2D eigenvalue weighted by atomic mass is 9.86. The summed E-state index contributed by atoms with van der Waals surface area (Å²) in [6.07, 6.45) is 0.215. The Kier molecular flexibility index (Phi) is 5.44. The third kappa shape index (κ3) is 3.65. The van der Waals surface area contributed by atoms with Crippen molar-refractivity contribution in [1.29, 1.82) is 0 Å². The molecule has 5 rings (SSSR count). The van der Waals surface area contributed by atoms with E-state index in [1.165, 1.54) is 0 Å². The Morgan fingerprint density at radius 1 is 1.22 bits per heavy atom. The number of amides is 1. The number of benzene rings is 1. The second-order valence-electron chi connectivity index (χ2n) is 10.3. The highest BCUT2D eigenvalue weighted by atomic mass is 16.6. The van der Waals surface area contributed by atoms with Crippen molar-refractivity contribution in [1.82, 2.24) is 14.9 Å². The Hall–Kier alpha value is -3.72. The maximum Gasteiger partial charge on any atom is 0.413 e. The fourth-order valence-corrected chi connectivity index (χ4v) is 5.05. The molecule has 4 heterocycles. The summed E-state index contributed by atoms with van der Waals surface area (Å²) in [5.41, 5.74) is 1.79. The van der Waals surface area contributed by atoms with E-state index < -0.39 is 23.2 Å². The van der Waals surface area contributed by atoms with Crippen molar-refractivity contribution >= 4 is 23.0 Å². The molecule has 36 heavy (non-hydrogen) atoms. The van der Waals surface area contributed by atoms with Crippen LogP contribution in [0.1, 0.15) is 63.3 Å². The number of esters is 1. The summed E-state index contributed by atoms with van der Waals surface area (Å²) in [6, 6.07) is 6.97. The van der Waals surface area contributed by atoms with Crippen LogP contribution in [0, 0.1) is 0 Å². The predicted octanol–water partition coefficient (Wildman–Crippen LogP) is 3.53. The zero-order chi connectivity index (χ0) is 26.0. The van der Waals surface area contributed by atoms with Gasteiger partial charge >= 0.3 is 12.1 Å². The summed E-state index contributed by atoms with van der Waals surface area (Å²) < 4.78 is 12.3. The van der Waals surface area contributed by atoms with E-state index in [0.29, 0.717) is 46.7 Å². The van der Waals surface area contributed by atoms with E-state index in [1.54, 1.807) is 35.8 Å². The zero-order valence-corrected chi connectivity index (χ0v) is 21.0. The summed E-state index contributed by atoms with van der Waals surface area (Å²) in [7, 11) is 0. The van der Waals surface area contributed by atoms with Gasteiger partial charge in [0.2, 0.25) is 0 Å². The average Bonchev–Trinajstić information content (AvgIpc) is 3.17. The van der Waals surface area contributed by atoms with Gasteiger partial charge in [-0.25, -0.2) is 14.6 Å². The van der Waals surface area contributed by atoms with Crippen LogP contribution in [0.5, 0.6) is 5.75 Å². The highest BCUT2D eigenvalue weighted by Crippen LogP contribution is 2.40. The number of fused-ring (bicyclic) bond motifs is 5. The molecule has 0 saturated carbocycles. The van der Waals surface area contributed by atoms with E-state index in [2.05, 4.69) is 5.32 Å². The molecule has 0 unspecified atom stereocenters. The summed E-state index contributed by atoms with van der Waals surface area (Å²) in [4.78, 5) is 43.0. The number of nitrogens with one attached hydrogen (secondary N) is 1. The van der Waals surface area contributed by atoms with Crippen LogP contribution in [-0.2, 0) is 34.7 Å². The molecule has 1 atom stereocenters. The maximum absolute atomic E-state index is 13.4. The van der Waals surface area contributed by atoms with Crippen LogP contribution in [0.25, 0.3) is 22.3 Å². The third-order valence-corrected chi connectivity index (χ3v) is 6.82. The molecule has 9 nitrogen and oxygen atoms in total. The van der Waals surface area contributed by atoms with E-state index in [1.807, 2.05) is 27.7 Å². The fraction of sp³-hybridized carbons (Fsp3) is 0.407. The number of ether oxygens (including phenoxy) is 2. The van der Waals surface area contributed by atoms with Gasteiger partial charge < -0.3 is 24.5 Å². The lowest BCUT2D eigenvalue weighted by Crippen LogP contribution is -2.44. The zero-order valence-electron chi connectivity index (χ0n) is 21.0. The molecule has 0 radical (unpaired) electrons. The number of nitrogens with zero attached hydrogens (tertiary/aromatic N) is 2. The van der Waals surface area contributed by atoms with Crippen molar-refractivity contribution < 1.29 is 24.2 Å². The molecule has 2 aromatic heterocycles. The first-order valence-electron chi connectivity index (χ1n) is 12.1. The molecule has 1 aromatic carbocycles. The number of hydrogen-bond donors (Lipinski definition) is 2. The molecule has 188 valence electrons. The smallest absolute Gasteiger partial charge is 0.413 e. The van der Waals surface area contributed by atoms with Crippen LogP contribution in [0.2, 0.25) is 0 Å². The third-order valence-electron chi connectivity index (χ3n) is 6.82.